The Kier molecular flexibility index (Phi) is 5.16. The van der Waals surface area contributed by atoms with Crippen molar-refractivity contribution in [1.29, 1.82) is 0 Å². The number of anilines is 1. The molecular formula is C15H20Cl2N4O2. The van der Waals surface area contributed by atoms with Gasteiger partial charge in [-0.1, -0.05) is 23.2 Å². The lowest BCUT2D eigenvalue weighted by Crippen LogP contribution is -2.62. The lowest BCUT2D eigenvalue weighted by atomic mass is 10.1. The molecule has 1 aromatic rings. The van der Waals surface area contributed by atoms with Gasteiger partial charge < -0.3 is 20.6 Å². The Morgan fingerprint density at radius 2 is 1.87 bits per heavy atom. The Morgan fingerprint density at radius 3 is 2.48 bits per heavy atom. The number of rotatable bonds is 4. The van der Waals surface area contributed by atoms with E-state index in [0.29, 0.717) is 16.8 Å². The predicted octanol–water partition coefficient (Wildman–Crippen LogP) is 1.23. The zero-order chi connectivity index (χ0) is 16.4. The van der Waals surface area contributed by atoms with Crippen LogP contribution in [-0.4, -0.2) is 72.7 Å². The van der Waals surface area contributed by atoms with E-state index in [1.54, 1.807) is 0 Å². The summed E-state index contributed by atoms with van der Waals surface area (Å²) >= 11 is 11.7. The summed E-state index contributed by atoms with van der Waals surface area (Å²) in [6.45, 7) is 5.52. The highest BCUT2D eigenvalue weighted by Gasteiger charge is 2.29. The lowest BCUT2D eigenvalue weighted by Gasteiger charge is -2.43. The maximum atomic E-state index is 12.3. The molecule has 1 aromatic carbocycles. The van der Waals surface area contributed by atoms with E-state index in [1.165, 1.54) is 12.1 Å². The predicted molar refractivity (Wildman–Crippen MR) is 91.4 cm³/mol. The van der Waals surface area contributed by atoms with Crippen LogP contribution in [0.2, 0.25) is 10.0 Å². The van der Waals surface area contributed by atoms with Crippen molar-refractivity contribution in [3.05, 3.63) is 22.2 Å². The van der Waals surface area contributed by atoms with Gasteiger partial charge in [0.05, 0.1) is 22.3 Å². The van der Waals surface area contributed by atoms with E-state index in [2.05, 4.69) is 15.5 Å². The molecule has 0 spiro atoms. The van der Waals surface area contributed by atoms with Crippen LogP contribution < -0.4 is 10.6 Å². The number of carbonyl (C=O) groups is 1. The normalized spacial score (nSPS) is 19.5. The molecule has 0 atom stereocenters. The number of nitrogens with one attached hydrogen (secondary N) is 2. The van der Waals surface area contributed by atoms with Crippen LogP contribution >= 0.6 is 23.2 Å². The number of hydrogen-bond donors (Lipinski definition) is 3. The number of benzene rings is 1. The van der Waals surface area contributed by atoms with Crippen molar-refractivity contribution in [3.8, 4) is 5.75 Å². The molecule has 2 heterocycles. The molecule has 6 nitrogen and oxygen atoms in total. The Balaban J connectivity index is 1.49. The fraction of sp³-hybridized carbons (Fsp3) is 0.533. The molecule has 2 fully saturated rings. The highest BCUT2D eigenvalue weighted by Crippen LogP contribution is 2.33. The fourth-order valence-corrected chi connectivity index (χ4v) is 3.15. The molecule has 0 bridgehead atoms. The van der Waals surface area contributed by atoms with E-state index in [1.807, 2.05) is 4.90 Å². The van der Waals surface area contributed by atoms with E-state index in [0.717, 1.165) is 39.3 Å². The number of halogens is 2. The Morgan fingerprint density at radius 1 is 1.22 bits per heavy atom. The van der Waals surface area contributed by atoms with Gasteiger partial charge in [0.25, 0.3) is 0 Å². The van der Waals surface area contributed by atoms with Gasteiger partial charge in [-0.2, -0.15) is 0 Å². The second-order valence-electron chi connectivity index (χ2n) is 5.87. The monoisotopic (exact) mass is 358 g/mol. The van der Waals surface area contributed by atoms with E-state index in [9.17, 15) is 9.90 Å². The quantitative estimate of drug-likeness (QED) is 0.706. The number of aromatic hydroxyl groups is 1. The molecule has 3 rings (SSSR count). The van der Waals surface area contributed by atoms with Crippen molar-refractivity contribution in [1.82, 2.24) is 15.1 Å². The number of nitrogens with zero attached hydrogens (tertiary/aromatic N) is 2. The average molecular weight is 359 g/mol. The summed E-state index contributed by atoms with van der Waals surface area (Å²) in [5.41, 5.74) is 0.409. The molecule has 0 aliphatic carbocycles. The molecule has 1 amide bonds. The maximum absolute atomic E-state index is 12.3. The van der Waals surface area contributed by atoms with Gasteiger partial charge in [-0.3, -0.25) is 9.69 Å². The smallest absolute Gasteiger partial charge is 0.241 e. The standard InChI is InChI=1S/C15H20Cl2N4O2/c16-11-5-13(14(22)6-12(11)17)19-9-15(23)21-3-1-20(2-4-21)10-7-18-8-10/h5-6,10,18-19,22H,1-4,7-9H2. The highest BCUT2D eigenvalue weighted by molar-refractivity contribution is 6.42. The number of piperazine rings is 1. The summed E-state index contributed by atoms with van der Waals surface area (Å²) in [7, 11) is 0. The van der Waals surface area contributed by atoms with Crippen molar-refractivity contribution < 1.29 is 9.90 Å². The summed E-state index contributed by atoms with van der Waals surface area (Å²) < 4.78 is 0. The molecule has 2 aliphatic rings. The van der Waals surface area contributed by atoms with E-state index >= 15 is 0 Å². The molecule has 0 unspecified atom stereocenters. The number of phenolic OH excluding ortho intramolecular Hbond substituents is 1. The fourth-order valence-electron chi connectivity index (χ4n) is 2.83. The molecule has 0 radical (unpaired) electrons. The minimum atomic E-state index is -0.0190. The van der Waals surface area contributed by atoms with Crippen LogP contribution in [0.3, 0.4) is 0 Å². The average Bonchev–Trinajstić information content (AvgIpc) is 2.48. The maximum Gasteiger partial charge on any atom is 0.241 e. The largest absolute Gasteiger partial charge is 0.506 e. The van der Waals surface area contributed by atoms with E-state index in [4.69, 9.17) is 23.2 Å². The van der Waals surface area contributed by atoms with Crippen LogP contribution in [0.25, 0.3) is 0 Å². The first-order chi connectivity index (χ1) is 11.0. The molecule has 23 heavy (non-hydrogen) atoms. The van der Waals surface area contributed by atoms with E-state index in [-0.39, 0.29) is 23.2 Å². The molecular weight excluding hydrogens is 339 g/mol. The number of hydrogen-bond acceptors (Lipinski definition) is 5. The van der Waals surface area contributed by atoms with Crippen molar-refractivity contribution in [2.75, 3.05) is 51.1 Å². The van der Waals surface area contributed by atoms with Crippen LogP contribution in [-0.2, 0) is 4.79 Å². The Labute approximate surface area is 145 Å². The van der Waals surface area contributed by atoms with Gasteiger partial charge in [-0.15, -0.1) is 0 Å². The molecule has 126 valence electrons. The van der Waals surface area contributed by atoms with Gasteiger partial charge in [0.15, 0.2) is 0 Å². The molecule has 0 saturated carbocycles. The van der Waals surface area contributed by atoms with Crippen LogP contribution in [0.1, 0.15) is 0 Å². The van der Waals surface area contributed by atoms with Crippen molar-refractivity contribution >= 4 is 34.8 Å². The lowest BCUT2D eigenvalue weighted by molar-refractivity contribution is -0.131. The van der Waals surface area contributed by atoms with Gasteiger partial charge >= 0.3 is 0 Å². The van der Waals surface area contributed by atoms with Gasteiger partial charge in [0, 0.05) is 51.4 Å². The first-order valence-corrected chi connectivity index (χ1v) is 8.44. The molecule has 2 saturated heterocycles. The van der Waals surface area contributed by atoms with E-state index < -0.39 is 0 Å². The number of phenols is 1. The molecule has 0 aromatic heterocycles. The first kappa shape index (κ1) is 16.6. The molecule has 8 heteroatoms. The second-order valence-corrected chi connectivity index (χ2v) is 6.68. The molecule has 3 N–H and O–H groups in total. The molecule has 2 aliphatic heterocycles. The van der Waals surface area contributed by atoms with Crippen LogP contribution in [0, 0.1) is 0 Å². The third-order valence-corrected chi connectivity index (χ3v) is 5.13. The Bertz CT molecular complexity index is 587. The second kappa shape index (κ2) is 7.13. The van der Waals surface area contributed by atoms with Gasteiger partial charge in [-0.05, 0) is 6.07 Å². The van der Waals surface area contributed by atoms with Crippen molar-refractivity contribution in [3.63, 3.8) is 0 Å². The minimum Gasteiger partial charge on any atom is -0.506 e. The number of carbonyl (C=O) groups excluding carboxylic acids is 1. The minimum absolute atomic E-state index is 0.0156. The summed E-state index contributed by atoms with van der Waals surface area (Å²) in [5.74, 6) is -0.00337. The van der Waals surface area contributed by atoms with Crippen molar-refractivity contribution in [2.24, 2.45) is 0 Å². The summed E-state index contributed by atoms with van der Waals surface area (Å²) in [5, 5.41) is 16.6. The van der Waals surface area contributed by atoms with Crippen LogP contribution in [0.15, 0.2) is 12.1 Å². The SMILES string of the molecule is O=C(CNc1cc(Cl)c(Cl)cc1O)N1CCN(C2CNC2)CC1. The Hall–Kier alpha value is -1.21. The highest BCUT2D eigenvalue weighted by atomic mass is 35.5. The zero-order valence-electron chi connectivity index (χ0n) is 12.7. The van der Waals surface area contributed by atoms with Gasteiger partial charge in [0.1, 0.15) is 5.75 Å². The third-order valence-electron chi connectivity index (χ3n) is 4.41. The summed E-state index contributed by atoms with van der Waals surface area (Å²) in [4.78, 5) is 16.6. The zero-order valence-corrected chi connectivity index (χ0v) is 14.2. The summed E-state index contributed by atoms with van der Waals surface area (Å²) in [6, 6.07) is 3.51. The van der Waals surface area contributed by atoms with Crippen LogP contribution in [0.4, 0.5) is 5.69 Å². The number of amides is 1. The van der Waals surface area contributed by atoms with Crippen LogP contribution in [0.5, 0.6) is 5.75 Å². The van der Waals surface area contributed by atoms with Gasteiger partial charge in [0.2, 0.25) is 5.91 Å². The topological polar surface area (TPSA) is 67.8 Å². The van der Waals surface area contributed by atoms with Gasteiger partial charge in [-0.25, -0.2) is 0 Å². The third kappa shape index (κ3) is 3.83. The first-order valence-electron chi connectivity index (χ1n) is 7.69. The summed E-state index contributed by atoms with van der Waals surface area (Å²) in [6.07, 6.45) is 0. The van der Waals surface area contributed by atoms with Crippen molar-refractivity contribution in [2.45, 2.75) is 6.04 Å².